The molecule has 0 saturated carbocycles. The number of ether oxygens (including phenoxy) is 1. The maximum Gasteiger partial charge on any atom is 0.354 e. The van der Waals surface area contributed by atoms with Gasteiger partial charge in [0.2, 0.25) is 0 Å². The van der Waals surface area contributed by atoms with Crippen molar-refractivity contribution in [3.05, 3.63) is 88.3 Å². The topological polar surface area (TPSA) is 118 Å². The molecule has 4 rings (SSSR count). The number of hydrogen-bond donors (Lipinski definition) is 2. The van der Waals surface area contributed by atoms with Crippen molar-refractivity contribution in [2.45, 2.75) is 11.8 Å². The molecule has 0 fully saturated rings. The molecular formula is C25H18ClN3O5S. The van der Waals surface area contributed by atoms with E-state index < -0.39 is 16.0 Å². The average molecular weight is 508 g/mol. The summed E-state index contributed by atoms with van der Waals surface area (Å²) >= 11 is 6.15. The van der Waals surface area contributed by atoms with Gasteiger partial charge in [0.25, 0.3) is 10.0 Å². The zero-order valence-electron chi connectivity index (χ0n) is 18.5. The molecule has 0 bridgehead atoms. The van der Waals surface area contributed by atoms with Gasteiger partial charge in [0.1, 0.15) is 10.6 Å². The van der Waals surface area contributed by atoms with Gasteiger partial charge in [-0.05, 0) is 36.8 Å². The highest BCUT2D eigenvalue weighted by Gasteiger charge is 2.22. The largest absolute Gasteiger partial charge is 0.495 e. The third-order valence-electron chi connectivity index (χ3n) is 5.06. The molecular weight excluding hydrogens is 490 g/mol. The number of hydrogen-bond acceptors (Lipinski definition) is 6. The molecule has 176 valence electrons. The molecule has 2 aromatic heterocycles. The van der Waals surface area contributed by atoms with Crippen LogP contribution in [0.3, 0.4) is 0 Å². The molecule has 0 saturated heterocycles. The molecule has 2 aromatic carbocycles. The highest BCUT2D eigenvalue weighted by molar-refractivity contribution is 7.93. The van der Waals surface area contributed by atoms with Gasteiger partial charge in [-0.25, -0.2) is 18.2 Å². The summed E-state index contributed by atoms with van der Waals surface area (Å²) in [5.41, 5.74) is 1.54. The first-order valence-corrected chi connectivity index (χ1v) is 12.0. The second-order valence-electron chi connectivity index (χ2n) is 7.41. The minimum Gasteiger partial charge on any atom is -0.495 e. The molecule has 8 nitrogen and oxygen atoms in total. The molecule has 0 unspecified atom stereocenters. The highest BCUT2D eigenvalue weighted by atomic mass is 35.5. The Hall–Kier alpha value is -4.13. The summed E-state index contributed by atoms with van der Waals surface area (Å²) in [5, 5.41) is 10.2. The van der Waals surface area contributed by atoms with Crippen LogP contribution in [0.2, 0.25) is 5.02 Å². The number of benzene rings is 2. The van der Waals surface area contributed by atoms with Crippen molar-refractivity contribution in [2.75, 3.05) is 11.8 Å². The quantitative estimate of drug-likeness (QED) is 0.382. The molecule has 4 aromatic rings. The summed E-state index contributed by atoms with van der Waals surface area (Å²) in [6.07, 6.45) is 2.81. The van der Waals surface area contributed by atoms with Gasteiger partial charge < -0.3 is 9.84 Å². The van der Waals surface area contributed by atoms with Crippen molar-refractivity contribution in [3.8, 4) is 17.6 Å². The minimum absolute atomic E-state index is 0.0691. The van der Waals surface area contributed by atoms with Crippen LogP contribution in [0.15, 0.2) is 65.8 Å². The molecule has 0 spiro atoms. The molecule has 0 amide bonds. The number of carboxylic acids is 1. The molecule has 10 heteroatoms. The van der Waals surface area contributed by atoms with E-state index in [9.17, 15) is 13.2 Å². The number of pyridine rings is 2. The van der Waals surface area contributed by atoms with E-state index in [1.165, 1.54) is 37.7 Å². The lowest BCUT2D eigenvalue weighted by molar-refractivity contribution is 0.0690. The number of carbonyl (C=O) groups is 1. The lowest BCUT2D eigenvalue weighted by atomic mass is 10.1. The molecule has 0 aliphatic rings. The SMILES string of the molecule is COc1cc(C(=O)O)ncc1C#Cc1cc(Cl)ccc1NS(=O)(=O)c1c(C)ccc2cccnc12. The van der Waals surface area contributed by atoms with E-state index in [1.54, 1.807) is 31.2 Å². The van der Waals surface area contributed by atoms with Crippen LogP contribution in [0.5, 0.6) is 5.75 Å². The molecule has 2 heterocycles. The number of sulfonamides is 1. The number of aryl methyl sites for hydroxylation is 1. The number of aromatic nitrogens is 2. The Balaban J connectivity index is 1.77. The van der Waals surface area contributed by atoms with E-state index in [2.05, 4.69) is 26.5 Å². The number of nitrogens with one attached hydrogen (secondary N) is 1. The number of rotatable bonds is 5. The van der Waals surface area contributed by atoms with Gasteiger partial charge in [-0.3, -0.25) is 9.71 Å². The van der Waals surface area contributed by atoms with Gasteiger partial charge in [-0.2, -0.15) is 0 Å². The first kappa shape index (κ1) is 24.0. The summed E-state index contributed by atoms with van der Waals surface area (Å²) in [6, 6.07) is 12.9. The normalized spacial score (nSPS) is 10.9. The fourth-order valence-electron chi connectivity index (χ4n) is 3.41. The zero-order chi connectivity index (χ0) is 25.2. The maximum absolute atomic E-state index is 13.4. The Kier molecular flexibility index (Phi) is 6.60. The number of fused-ring (bicyclic) bond motifs is 1. The minimum atomic E-state index is -4.04. The summed E-state index contributed by atoms with van der Waals surface area (Å²) < 4.78 is 34.7. The van der Waals surface area contributed by atoms with Gasteiger partial charge in [-0.15, -0.1) is 0 Å². The van der Waals surface area contributed by atoms with Crippen LogP contribution in [-0.4, -0.2) is 36.6 Å². The molecule has 0 aliphatic heterocycles. The molecule has 0 atom stereocenters. The van der Waals surface area contributed by atoms with Gasteiger partial charge in [0.05, 0.1) is 29.4 Å². The van der Waals surface area contributed by atoms with Crippen molar-refractivity contribution in [3.63, 3.8) is 0 Å². The van der Waals surface area contributed by atoms with Gasteiger partial charge in [-0.1, -0.05) is 41.6 Å². The Morgan fingerprint density at radius 2 is 1.86 bits per heavy atom. The van der Waals surface area contributed by atoms with Crippen LogP contribution in [0, 0.1) is 18.8 Å². The second kappa shape index (κ2) is 9.62. The van der Waals surface area contributed by atoms with E-state index in [0.717, 1.165) is 0 Å². The summed E-state index contributed by atoms with van der Waals surface area (Å²) in [7, 11) is -2.66. The number of halogens is 1. The van der Waals surface area contributed by atoms with Crippen LogP contribution >= 0.6 is 11.6 Å². The predicted octanol–water partition coefficient (Wildman–Crippen LogP) is 4.50. The van der Waals surface area contributed by atoms with Crippen molar-refractivity contribution >= 4 is 44.2 Å². The van der Waals surface area contributed by atoms with Gasteiger partial charge in [0.15, 0.2) is 5.69 Å². The maximum atomic E-state index is 13.4. The Morgan fingerprint density at radius 1 is 1.09 bits per heavy atom. The molecule has 0 aliphatic carbocycles. The summed E-state index contributed by atoms with van der Waals surface area (Å²) in [5.74, 6) is 4.73. The smallest absolute Gasteiger partial charge is 0.354 e. The standard InChI is InChI=1S/C25H18ClN3O5S/c1-15-5-6-16-4-3-11-27-23(16)24(15)35(32,33)29-20-10-9-19(26)12-17(20)7-8-18-14-28-21(25(30)31)13-22(18)34-2/h3-6,9-14,29H,1-2H3,(H,30,31). The monoisotopic (exact) mass is 507 g/mol. The van der Waals surface area contributed by atoms with Crippen LogP contribution < -0.4 is 9.46 Å². The van der Waals surface area contributed by atoms with E-state index in [-0.39, 0.29) is 22.0 Å². The van der Waals surface area contributed by atoms with Crippen molar-refractivity contribution in [1.82, 2.24) is 9.97 Å². The van der Waals surface area contributed by atoms with E-state index in [1.807, 2.05) is 6.07 Å². The van der Waals surface area contributed by atoms with Crippen molar-refractivity contribution in [2.24, 2.45) is 0 Å². The highest BCUT2D eigenvalue weighted by Crippen LogP contribution is 2.29. The number of methoxy groups -OCH3 is 1. The first-order valence-electron chi connectivity index (χ1n) is 10.2. The molecule has 2 N–H and O–H groups in total. The second-order valence-corrected chi connectivity index (χ2v) is 9.46. The summed E-state index contributed by atoms with van der Waals surface area (Å²) in [4.78, 5) is 19.3. The van der Waals surface area contributed by atoms with Crippen LogP contribution in [0.4, 0.5) is 5.69 Å². The lowest BCUT2D eigenvalue weighted by Crippen LogP contribution is -2.16. The third-order valence-corrected chi connectivity index (χ3v) is 6.83. The first-order chi connectivity index (χ1) is 16.7. The van der Waals surface area contributed by atoms with Crippen molar-refractivity contribution in [1.29, 1.82) is 0 Å². The molecule has 35 heavy (non-hydrogen) atoms. The lowest BCUT2D eigenvalue weighted by Gasteiger charge is -2.14. The van der Waals surface area contributed by atoms with E-state index >= 15 is 0 Å². The molecule has 0 radical (unpaired) electrons. The van der Waals surface area contributed by atoms with Crippen molar-refractivity contribution < 1.29 is 23.1 Å². The number of nitrogens with zero attached hydrogens (tertiary/aromatic N) is 2. The predicted molar refractivity (Wildman–Crippen MR) is 132 cm³/mol. The van der Waals surface area contributed by atoms with Gasteiger partial charge in [0, 0.05) is 28.9 Å². The zero-order valence-corrected chi connectivity index (χ0v) is 20.1. The Labute approximate surface area is 206 Å². The van der Waals surface area contributed by atoms with Crippen LogP contribution in [0.25, 0.3) is 10.9 Å². The van der Waals surface area contributed by atoms with E-state index in [4.69, 9.17) is 21.4 Å². The van der Waals surface area contributed by atoms with Gasteiger partial charge >= 0.3 is 5.97 Å². The van der Waals surface area contributed by atoms with E-state index in [0.29, 0.717) is 32.6 Å². The number of anilines is 1. The Bertz CT molecular complexity index is 1640. The Morgan fingerprint density at radius 3 is 2.60 bits per heavy atom. The number of aromatic carboxylic acids is 1. The number of carboxylic acid groups (broad SMARTS) is 1. The van der Waals surface area contributed by atoms with Crippen LogP contribution in [0.1, 0.15) is 27.2 Å². The fourth-order valence-corrected chi connectivity index (χ4v) is 5.07. The fraction of sp³-hybridized carbons (Fsp3) is 0.0800. The third kappa shape index (κ3) is 5.04. The average Bonchev–Trinajstić information content (AvgIpc) is 2.83. The van der Waals surface area contributed by atoms with Crippen LogP contribution in [-0.2, 0) is 10.0 Å². The summed E-state index contributed by atoms with van der Waals surface area (Å²) in [6.45, 7) is 1.70.